The summed E-state index contributed by atoms with van der Waals surface area (Å²) in [6.45, 7) is 11.6. The van der Waals surface area contributed by atoms with Crippen LogP contribution in [0.2, 0.25) is 0 Å². The number of carbonyl (C=O) groups is 1. The fraction of sp³-hybridized carbons (Fsp3) is 0.522. The Morgan fingerprint density at radius 3 is 2.58 bits per heavy atom. The zero-order chi connectivity index (χ0) is 41.8. The third-order valence-corrected chi connectivity index (χ3v) is 15.0. The van der Waals surface area contributed by atoms with Gasteiger partial charge in [0.15, 0.2) is 0 Å². The van der Waals surface area contributed by atoms with Crippen molar-refractivity contribution in [3.05, 3.63) is 87.7 Å². The summed E-state index contributed by atoms with van der Waals surface area (Å²) in [7, 11) is 0. The van der Waals surface area contributed by atoms with Crippen molar-refractivity contribution in [3.63, 3.8) is 0 Å². The molecule has 11 nitrogen and oxygen atoms in total. The zero-order valence-corrected chi connectivity index (χ0v) is 35.5. The van der Waals surface area contributed by atoms with E-state index in [1.54, 1.807) is 24.4 Å². The predicted molar refractivity (Wildman–Crippen MR) is 232 cm³/mol. The molecular weight excluding hydrogens is 785 g/mol. The molecule has 1 saturated heterocycles. The Morgan fingerprint density at radius 2 is 1.85 bits per heavy atom. The Labute approximate surface area is 354 Å². The lowest BCUT2D eigenvalue weighted by atomic mass is 9.71. The van der Waals surface area contributed by atoms with Gasteiger partial charge in [0.2, 0.25) is 6.43 Å². The van der Waals surface area contributed by atoms with Crippen molar-refractivity contribution in [1.29, 1.82) is 0 Å². The highest BCUT2D eigenvalue weighted by atomic mass is 32.2. The maximum Gasteiger partial charge on any atom is 0.293 e. The smallest absolute Gasteiger partial charge is 0.293 e. The van der Waals surface area contributed by atoms with Gasteiger partial charge >= 0.3 is 0 Å². The second kappa shape index (κ2) is 16.0. The van der Waals surface area contributed by atoms with E-state index in [1.807, 2.05) is 30.5 Å². The number of alkyl halides is 2. The molecule has 1 amide bonds. The molecule has 0 radical (unpaired) electrons. The fourth-order valence-electron chi connectivity index (χ4n) is 10.2. The van der Waals surface area contributed by atoms with Crippen LogP contribution in [0, 0.1) is 38.2 Å². The van der Waals surface area contributed by atoms with Crippen molar-refractivity contribution in [3.8, 4) is 11.5 Å². The number of ether oxygens (including phenoxy) is 1. The quantitative estimate of drug-likeness (QED) is 0.0492. The molecule has 4 aliphatic carbocycles. The van der Waals surface area contributed by atoms with Gasteiger partial charge in [-0.3, -0.25) is 24.5 Å². The summed E-state index contributed by atoms with van der Waals surface area (Å²) in [4.78, 5) is 38.4. The lowest BCUT2D eigenvalue weighted by Crippen LogP contribution is -2.47. The number of rotatable bonds is 14. The highest BCUT2D eigenvalue weighted by molar-refractivity contribution is 7.98. The maximum absolute atomic E-state index is 14.0. The van der Waals surface area contributed by atoms with Crippen molar-refractivity contribution in [1.82, 2.24) is 19.6 Å². The zero-order valence-electron chi connectivity index (χ0n) is 34.7. The number of carbonyl (C=O) groups excluding carboxylic acids is 1. The number of amides is 1. The van der Waals surface area contributed by atoms with Crippen molar-refractivity contribution in [2.45, 2.75) is 89.9 Å². The van der Waals surface area contributed by atoms with Gasteiger partial charge in [-0.2, -0.15) is 0 Å². The van der Waals surface area contributed by atoms with Gasteiger partial charge in [0.05, 0.1) is 16.7 Å². The number of nitrogens with one attached hydrogen (secondary N) is 3. The van der Waals surface area contributed by atoms with E-state index in [2.05, 4.69) is 50.6 Å². The molecule has 0 bridgehead atoms. The van der Waals surface area contributed by atoms with Crippen LogP contribution in [0.25, 0.3) is 11.0 Å². The number of pyridine rings is 1. The molecular formula is C46H55F2N7O4S. The number of nitrogens with zero attached hydrogens (tertiary/aromatic N) is 4. The SMILES string of the molecule is CC1CCC(CNc2ccc(SNC(=O)c3ccc(N4CCN(CC5=C(C67CC6(C(F)F)C7)CC(C)(C)CC5)CC4)cc3Oc3cnc4[nH]ccc4c3)cc2[N+](=O)[O-])CC1. The Balaban J connectivity index is 0.885. The molecule has 60 heavy (non-hydrogen) atoms. The standard InChI is InChI=1S/C46H55F2N7O4S/c1-29-4-6-30(7-5-29)24-50-38-11-9-35(22-39(38)55(57)58)60-52-42(56)36-10-8-33(21-40(36)59-34-20-31-13-15-49-41(31)51-25-34)54-18-16-53(17-19-54)26-32-12-14-44(2,3)23-37(32)45-27-46(45,28-45)43(47)48/h8-11,13,15,20-22,25,29-30,43,50H,4-7,12,14,16-19,23-24,26-28H2,1-3H3,(H,49,51)(H,52,56). The van der Waals surface area contributed by atoms with E-state index in [0.717, 1.165) is 99.4 Å². The number of nitro groups is 1. The normalized spacial score (nSPS) is 26.2. The number of piperazine rings is 1. The highest BCUT2D eigenvalue weighted by Crippen LogP contribution is 2.92. The first-order chi connectivity index (χ1) is 28.8. The first-order valence-corrected chi connectivity index (χ1v) is 22.3. The summed E-state index contributed by atoms with van der Waals surface area (Å²) in [5, 5.41) is 16.3. The minimum Gasteiger partial charge on any atom is -0.455 e. The van der Waals surface area contributed by atoms with Crippen LogP contribution in [0.1, 0.15) is 88.9 Å². The Hall–Kier alpha value is -4.69. The minimum absolute atomic E-state index is 0.0290. The van der Waals surface area contributed by atoms with E-state index < -0.39 is 17.7 Å². The average molecular weight is 840 g/mol. The van der Waals surface area contributed by atoms with E-state index in [0.29, 0.717) is 52.9 Å². The van der Waals surface area contributed by atoms with E-state index in [1.165, 1.54) is 30.1 Å². The van der Waals surface area contributed by atoms with Crippen molar-refractivity contribution in [2.75, 3.05) is 49.5 Å². The van der Waals surface area contributed by atoms with Gasteiger partial charge < -0.3 is 19.9 Å². The fourth-order valence-corrected chi connectivity index (χ4v) is 10.8. The summed E-state index contributed by atoms with van der Waals surface area (Å²) in [5.41, 5.74) is 4.30. The minimum atomic E-state index is -2.23. The molecule has 0 atom stereocenters. The molecule has 5 aliphatic rings. The molecule has 318 valence electrons. The summed E-state index contributed by atoms with van der Waals surface area (Å²) >= 11 is 1.02. The number of hydrogen-bond donors (Lipinski definition) is 3. The Bertz CT molecular complexity index is 2310. The van der Waals surface area contributed by atoms with E-state index in [4.69, 9.17) is 4.74 Å². The molecule has 1 aliphatic heterocycles. The first kappa shape index (κ1) is 40.7. The van der Waals surface area contributed by atoms with Crippen LogP contribution in [-0.2, 0) is 0 Å². The number of halogens is 2. The second-order valence-corrected chi connectivity index (χ2v) is 19.8. The number of H-pyrrole nitrogens is 1. The molecule has 3 heterocycles. The van der Waals surface area contributed by atoms with Crippen LogP contribution in [0.3, 0.4) is 0 Å². The number of anilines is 2. The van der Waals surface area contributed by atoms with Gasteiger partial charge in [0.25, 0.3) is 11.6 Å². The van der Waals surface area contributed by atoms with E-state index in [-0.39, 0.29) is 21.4 Å². The summed E-state index contributed by atoms with van der Waals surface area (Å²) in [5.74, 6) is 1.67. The molecule has 4 fully saturated rings. The molecule has 2 aromatic carbocycles. The van der Waals surface area contributed by atoms with Gasteiger partial charge in [0, 0.05) is 84.4 Å². The third kappa shape index (κ3) is 8.09. The van der Waals surface area contributed by atoms with Crippen LogP contribution in [-0.4, -0.2) is 71.4 Å². The van der Waals surface area contributed by atoms with Gasteiger partial charge in [0.1, 0.15) is 22.8 Å². The molecule has 3 saturated carbocycles. The topological polar surface area (TPSA) is 129 Å². The predicted octanol–water partition coefficient (Wildman–Crippen LogP) is 10.6. The van der Waals surface area contributed by atoms with E-state index >= 15 is 0 Å². The molecule has 9 rings (SSSR count). The number of fused-ring (bicyclic) bond motifs is 2. The highest BCUT2D eigenvalue weighted by Gasteiger charge is 2.88. The monoisotopic (exact) mass is 839 g/mol. The van der Waals surface area contributed by atoms with E-state index in [9.17, 15) is 23.7 Å². The van der Waals surface area contributed by atoms with Crippen LogP contribution >= 0.6 is 11.9 Å². The number of hydrogen-bond acceptors (Lipinski definition) is 9. The Morgan fingerprint density at radius 1 is 1.07 bits per heavy atom. The van der Waals surface area contributed by atoms with Crippen molar-refractivity contribution in [2.24, 2.45) is 28.1 Å². The lowest BCUT2D eigenvalue weighted by molar-refractivity contribution is -0.384. The second-order valence-electron chi connectivity index (χ2n) is 18.9. The van der Waals surface area contributed by atoms with Crippen LogP contribution in [0.4, 0.5) is 25.8 Å². The number of allylic oxidation sites excluding steroid dienone is 1. The molecule has 0 unspecified atom stereocenters. The summed E-state index contributed by atoms with van der Waals surface area (Å²) in [6, 6.07) is 14.3. The number of aromatic amines is 1. The van der Waals surface area contributed by atoms with Crippen LogP contribution in [0.15, 0.2) is 77.0 Å². The lowest BCUT2D eigenvalue weighted by Gasteiger charge is -2.40. The number of nitro benzene ring substituents is 1. The number of aromatic nitrogens is 2. The average Bonchev–Trinajstić information content (AvgIpc) is 4.02. The maximum atomic E-state index is 14.0. The third-order valence-electron chi connectivity index (χ3n) is 14.2. The molecule has 4 aromatic rings. The largest absolute Gasteiger partial charge is 0.455 e. The summed E-state index contributed by atoms with van der Waals surface area (Å²) < 4.78 is 37.4. The molecule has 0 spiro atoms. The van der Waals surface area contributed by atoms with Crippen LogP contribution in [0.5, 0.6) is 11.5 Å². The van der Waals surface area contributed by atoms with Gasteiger partial charge in [-0.15, -0.1) is 0 Å². The molecule has 14 heteroatoms. The van der Waals surface area contributed by atoms with Gasteiger partial charge in [-0.1, -0.05) is 44.8 Å². The number of benzene rings is 2. The van der Waals surface area contributed by atoms with Crippen molar-refractivity contribution >= 4 is 46.0 Å². The van der Waals surface area contributed by atoms with Gasteiger partial charge in [-0.25, -0.2) is 13.8 Å². The summed E-state index contributed by atoms with van der Waals surface area (Å²) in [6.07, 6.45) is 10.1. The van der Waals surface area contributed by atoms with Crippen molar-refractivity contribution < 1.29 is 23.2 Å². The molecule has 3 N–H and O–H groups in total. The first-order valence-electron chi connectivity index (χ1n) is 21.5. The van der Waals surface area contributed by atoms with Gasteiger partial charge in [-0.05, 0) is 111 Å². The Kier molecular flexibility index (Phi) is 10.8. The molecule has 2 aromatic heterocycles. The van der Waals surface area contributed by atoms with Crippen LogP contribution < -0.4 is 19.7 Å².